The first kappa shape index (κ1) is 15.2. The van der Waals surface area contributed by atoms with Crippen LogP contribution in [0.2, 0.25) is 0 Å². The highest BCUT2D eigenvalue weighted by molar-refractivity contribution is 7.92. The molecular formula is C14H14F2N2O2S. The molecule has 0 fully saturated rings. The van der Waals surface area contributed by atoms with Crippen LogP contribution in [0.4, 0.5) is 20.2 Å². The molecule has 0 atom stereocenters. The first-order chi connectivity index (χ1) is 9.70. The summed E-state index contributed by atoms with van der Waals surface area (Å²) in [6, 6.07) is 6.48. The lowest BCUT2D eigenvalue weighted by Crippen LogP contribution is -2.16. The maximum atomic E-state index is 13.7. The highest BCUT2D eigenvalue weighted by Gasteiger charge is 2.23. The summed E-state index contributed by atoms with van der Waals surface area (Å²) in [6.07, 6.45) is 0. The number of benzene rings is 2. The molecule has 112 valence electrons. The molecule has 0 aliphatic heterocycles. The van der Waals surface area contributed by atoms with Crippen molar-refractivity contribution in [3.63, 3.8) is 0 Å². The van der Waals surface area contributed by atoms with Crippen LogP contribution in [0.5, 0.6) is 0 Å². The monoisotopic (exact) mass is 312 g/mol. The van der Waals surface area contributed by atoms with E-state index in [0.29, 0.717) is 0 Å². The number of aryl methyl sites for hydroxylation is 2. The van der Waals surface area contributed by atoms with Gasteiger partial charge in [0.05, 0.1) is 0 Å². The second-order valence-electron chi connectivity index (χ2n) is 4.72. The number of halogens is 2. The smallest absolute Gasteiger partial charge is 0.265 e. The van der Waals surface area contributed by atoms with Crippen LogP contribution < -0.4 is 10.5 Å². The molecule has 0 saturated carbocycles. The summed E-state index contributed by atoms with van der Waals surface area (Å²) in [5.41, 5.74) is 7.31. The van der Waals surface area contributed by atoms with Crippen LogP contribution in [0.15, 0.2) is 35.2 Å². The topological polar surface area (TPSA) is 72.2 Å². The van der Waals surface area contributed by atoms with Gasteiger partial charge in [-0.2, -0.15) is 0 Å². The molecule has 0 amide bonds. The van der Waals surface area contributed by atoms with Gasteiger partial charge in [0.25, 0.3) is 10.0 Å². The standard InChI is InChI=1S/C14H14F2N2O2S/c1-8-3-4-11(5-9(8)2)18-21(19,20)13-7-10(17)6-12(15)14(13)16/h3-7,18H,17H2,1-2H3. The summed E-state index contributed by atoms with van der Waals surface area (Å²) < 4.78 is 53.5. The van der Waals surface area contributed by atoms with Gasteiger partial charge >= 0.3 is 0 Å². The van der Waals surface area contributed by atoms with Crippen LogP contribution in [-0.4, -0.2) is 8.42 Å². The fraction of sp³-hybridized carbons (Fsp3) is 0.143. The van der Waals surface area contributed by atoms with Crippen LogP contribution >= 0.6 is 0 Å². The van der Waals surface area contributed by atoms with Crippen LogP contribution in [0.25, 0.3) is 0 Å². The first-order valence-corrected chi connectivity index (χ1v) is 7.53. The van der Waals surface area contributed by atoms with Crippen molar-refractivity contribution in [2.24, 2.45) is 0 Å². The van der Waals surface area contributed by atoms with Gasteiger partial charge in [0.15, 0.2) is 11.6 Å². The van der Waals surface area contributed by atoms with Crippen molar-refractivity contribution in [2.45, 2.75) is 18.7 Å². The van der Waals surface area contributed by atoms with Gasteiger partial charge in [0.2, 0.25) is 0 Å². The van der Waals surface area contributed by atoms with Crippen molar-refractivity contribution < 1.29 is 17.2 Å². The van der Waals surface area contributed by atoms with Crippen molar-refractivity contribution in [1.82, 2.24) is 0 Å². The minimum Gasteiger partial charge on any atom is -0.399 e. The zero-order chi connectivity index (χ0) is 15.8. The van der Waals surface area contributed by atoms with Crippen molar-refractivity contribution in [3.8, 4) is 0 Å². The molecule has 2 aromatic rings. The summed E-state index contributed by atoms with van der Waals surface area (Å²) in [5.74, 6) is -2.77. The molecule has 21 heavy (non-hydrogen) atoms. The molecule has 0 aliphatic carbocycles. The summed E-state index contributed by atoms with van der Waals surface area (Å²) in [5, 5.41) is 0. The molecule has 2 rings (SSSR count). The van der Waals surface area contributed by atoms with Crippen molar-refractivity contribution in [1.29, 1.82) is 0 Å². The molecule has 7 heteroatoms. The molecule has 0 aliphatic rings. The Morgan fingerprint density at radius 2 is 1.71 bits per heavy atom. The van der Waals surface area contributed by atoms with Gasteiger partial charge in [-0.15, -0.1) is 0 Å². The number of sulfonamides is 1. The number of nitrogens with two attached hydrogens (primary N) is 1. The van der Waals surface area contributed by atoms with Gasteiger partial charge in [0, 0.05) is 11.4 Å². The second kappa shape index (κ2) is 5.33. The lowest BCUT2D eigenvalue weighted by Gasteiger charge is -2.11. The van der Waals surface area contributed by atoms with E-state index in [0.717, 1.165) is 23.3 Å². The third-order valence-corrected chi connectivity index (χ3v) is 4.45. The predicted octanol–water partition coefficient (Wildman–Crippen LogP) is 2.96. The number of nitrogen functional groups attached to an aromatic ring is 1. The van der Waals surface area contributed by atoms with E-state index < -0.39 is 26.6 Å². The van der Waals surface area contributed by atoms with E-state index in [1.807, 2.05) is 13.8 Å². The van der Waals surface area contributed by atoms with E-state index in [2.05, 4.69) is 4.72 Å². The van der Waals surface area contributed by atoms with Gasteiger partial charge in [-0.25, -0.2) is 17.2 Å². The van der Waals surface area contributed by atoms with Gasteiger partial charge < -0.3 is 5.73 Å². The van der Waals surface area contributed by atoms with E-state index in [1.54, 1.807) is 18.2 Å². The Hall–Kier alpha value is -2.15. The average Bonchev–Trinajstić information content (AvgIpc) is 2.37. The lowest BCUT2D eigenvalue weighted by molar-refractivity contribution is 0.486. The third kappa shape index (κ3) is 3.13. The highest BCUT2D eigenvalue weighted by Crippen LogP contribution is 2.24. The Labute approximate surface area is 121 Å². The quantitative estimate of drug-likeness (QED) is 0.856. The molecule has 0 bridgehead atoms. The molecule has 0 heterocycles. The van der Waals surface area contributed by atoms with Gasteiger partial charge in [-0.1, -0.05) is 6.07 Å². The maximum absolute atomic E-state index is 13.7. The van der Waals surface area contributed by atoms with E-state index in [9.17, 15) is 17.2 Å². The van der Waals surface area contributed by atoms with Crippen molar-refractivity contribution >= 4 is 21.4 Å². The highest BCUT2D eigenvalue weighted by atomic mass is 32.2. The number of rotatable bonds is 3. The molecule has 0 saturated heterocycles. The minimum absolute atomic E-state index is 0.172. The van der Waals surface area contributed by atoms with E-state index in [4.69, 9.17) is 5.73 Å². The van der Waals surface area contributed by atoms with Crippen LogP contribution in [-0.2, 0) is 10.0 Å². The Morgan fingerprint density at radius 3 is 2.33 bits per heavy atom. The molecule has 0 spiro atoms. The Morgan fingerprint density at radius 1 is 1.05 bits per heavy atom. The molecule has 0 radical (unpaired) electrons. The number of hydrogen-bond acceptors (Lipinski definition) is 3. The van der Waals surface area contributed by atoms with Crippen molar-refractivity contribution in [3.05, 3.63) is 53.1 Å². The molecular weight excluding hydrogens is 298 g/mol. The predicted molar refractivity (Wildman–Crippen MR) is 77.5 cm³/mol. The number of anilines is 2. The minimum atomic E-state index is -4.26. The summed E-state index contributed by atoms with van der Waals surface area (Å²) in [6.45, 7) is 3.69. The Bertz CT molecular complexity index is 805. The van der Waals surface area contributed by atoms with E-state index in [1.165, 1.54) is 0 Å². The zero-order valence-electron chi connectivity index (χ0n) is 11.4. The fourth-order valence-electron chi connectivity index (χ4n) is 1.79. The van der Waals surface area contributed by atoms with Gasteiger partial charge in [0.1, 0.15) is 4.90 Å². The SMILES string of the molecule is Cc1ccc(NS(=O)(=O)c2cc(N)cc(F)c2F)cc1C. The summed E-state index contributed by atoms with van der Waals surface area (Å²) in [4.78, 5) is -0.821. The van der Waals surface area contributed by atoms with Crippen LogP contribution in [0.3, 0.4) is 0 Å². The van der Waals surface area contributed by atoms with Gasteiger partial charge in [-0.3, -0.25) is 4.72 Å². The number of nitrogens with one attached hydrogen (secondary N) is 1. The molecule has 2 aromatic carbocycles. The van der Waals surface area contributed by atoms with E-state index >= 15 is 0 Å². The molecule has 0 aromatic heterocycles. The molecule has 4 nitrogen and oxygen atoms in total. The van der Waals surface area contributed by atoms with Crippen molar-refractivity contribution in [2.75, 3.05) is 10.5 Å². The Kier molecular flexibility index (Phi) is 3.87. The lowest BCUT2D eigenvalue weighted by atomic mass is 10.1. The van der Waals surface area contributed by atoms with Crippen LogP contribution in [0, 0.1) is 25.5 Å². The fourth-order valence-corrected chi connectivity index (χ4v) is 2.97. The molecule has 3 N–H and O–H groups in total. The molecule has 0 unspecified atom stereocenters. The van der Waals surface area contributed by atoms with Crippen LogP contribution in [0.1, 0.15) is 11.1 Å². The first-order valence-electron chi connectivity index (χ1n) is 6.05. The average molecular weight is 312 g/mol. The Balaban J connectivity index is 2.45. The summed E-state index contributed by atoms with van der Waals surface area (Å²) in [7, 11) is -4.26. The maximum Gasteiger partial charge on any atom is 0.265 e. The zero-order valence-corrected chi connectivity index (χ0v) is 12.3. The second-order valence-corrected chi connectivity index (χ2v) is 6.37. The summed E-state index contributed by atoms with van der Waals surface area (Å²) >= 11 is 0. The number of hydrogen-bond donors (Lipinski definition) is 2. The van der Waals surface area contributed by atoms with Gasteiger partial charge in [-0.05, 0) is 49.2 Å². The normalized spacial score (nSPS) is 11.4. The largest absolute Gasteiger partial charge is 0.399 e. The van der Waals surface area contributed by atoms with E-state index in [-0.39, 0.29) is 11.4 Å². The third-order valence-electron chi connectivity index (χ3n) is 3.07.